The Bertz CT molecular complexity index is 361. The molecule has 0 radical (unpaired) electrons. The maximum atomic E-state index is 10.9. The van der Waals surface area contributed by atoms with Crippen LogP contribution in [0.3, 0.4) is 0 Å². The summed E-state index contributed by atoms with van der Waals surface area (Å²) in [6.07, 6.45) is 0.911. The van der Waals surface area contributed by atoms with Crippen LogP contribution < -0.4 is 10.1 Å². The van der Waals surface area contributed by atoms with Crippen LogP contribution in [0, 0.1) is 13.8 Å². The first-order chi connectivity index (χ1) is 7.13. The number of benzene rings is 1. The molecule has 0 amide bonds. The Hall–Kier alpha value is -1.35. The minimum Gasteiger partial charge on any atom is -0.496 e. The van der Waals surface area contributed by atoms with Gasteiger partial charge in [-0.3, -0.25) is 0 Å². The third-order valence-corrected chi connectivity index (χ3v) is 2.57. The molecule has 82 valence electrons. The standard InChI is InChI=1S/C12H17NO2/c1-8-6-12(15-4)9(2)5-10(8)11(7-14)13-3/h5-7,11,13H,1-4H3. The van der Waals surface area contributed by atoms with Crippen molar-refractivity contribution >= 4 is 6.29 Å². The largest absolute Gasteiger partial charge is 0.496 e. The van der Waals surface area contributed by atoms with Gasteiger partial charge in [0.05, 0.1) is 13.2 Å². The molecule has 1 aromatic rings. The van der Waals surface area contributed by atoms with E-state index in [1.807, 2.05) is 26.0 Å². The number of hydrogen-bond acceptors (Lipinski definition) is 3. The van der Waals surface area contributed by atoms with Gasteiger partial charge in [-0.15, -0.1) is 0 Å². The van der Waals surface area contributed by atoms with Crippen molar-refractivity contribution in [1.82, 2.24) is 5.32 Å². The molecule has 1 unspecified atom stereocenters. The molecule has 0 saturated carbocycles. The molecule has 0 aromatic heterocycles. The fraction of sp³-hybridized carbons (Fsp3) is 0.417. The van der Waals surface area contributed by atoms with E-state index in [1.54, 1.807) is 14.2 Å². The van der Waals surface area contributed by atoms with Crippen molar-refractivity contribution < 1.29 is 9.53 Å². The molecule has 0 aliphatic rings. The van der Waals surface area contributed by atoms with Gasteiger partial charge in [-0.1, -0.05) is 6.07 Å². The van der Waals surface area contributed by atoms with E-state index in [9.17, 15) is 4.79 Å². The quantitative estimate of drug-likeness (QED) is 0.765. The molecule has 0 aliphatic carbocycles. The number of aryl methyl sites for hydroxylation is 2. The molecule has 1 aromatic carbocycles. The average Bonchev–Trinajstić information content (AvgIpc) is 2.24. The first kappa shape index (κ1) is 11.7. The normalized spacial score (nSPS) is 12.3. The topological polar surface area (TPSA) is 38.3 Å². The lowest BCUT2D eigenvalue weighted by Gasteiger charge is -2.15. The summed E-state index contributed by atoms with van der Waals surface area (Å²) in [7, 11) is 3.43. The van der Waals surface area contributed by atoms with Crippen LogP contribution in [-0.4, -0.2) is 20.4 Å². The molecule has 0 aliphatic heterocycles. The molecule has 0 saturated heterocycles. The van der Waals surface area contributed by atoms with Crippen molar-refractivity contribution in [1.29, 1.82) is 0 Å². The van der Waals surface area contributed by atoms with Gasteiger partial charge in [-0.2, -0.15) is 0 Å². The first-order valence-electron chi connectivity index (χ1n) is 4.91. The second-order valence-corrected chi connectivity index (χ2v) is 3.58. The molecule has 15 heavy (non-hydrogen) atoms. The predicted molar refractivity (Wildman–Crippen MR) is 60.3 cm³/mol. The van der Waals surface area contributed by atoms with E-state index in [0.717, 1.165) is 28.7 Å². The fourth-order valence-electron chi connectivity index (χ4n) is 1.66. The van der Waals surface area contributed by atoms with Crippen molar-refractivity contribution in [2.24, 2.45) is 0 Å². The van der Waals surface area contributed by atoms with Gasteiger partial charge < -0.3 is 14.8 Å². The zero-order valence-corrected chi connectivity index (χ0v) is 9.63. The van der Waals surface area contributed by atoms with E-state index in [-0.39, 0.29) is 6.04 Å². The van der Waals surface area contributed by atoms with Crippen LogP contribution >= 0.6 is 0 Å². The lowest BCUT2D eigenvalue weighted by atomic mass is 9.99. The third kappa shape index (κ3) is 2.36. The number of hydrogen-bond donors (Lipinski definition) is 1. The summed E-state index contributed by atoms with van der Waals surface area (Å²) in [5, 5.41) is 2.96. The average molecular weight is 207 g/mol. The molecular weight excluding hydrogens is 190 g/mol. The van der Waals surface area contributed by atoms with Gasteiger partial charge in [-0.25, -0.2) is 0 Å². The van der Waals surface area contributed by atoms with Crippen LogP contribution in [-0.2, 0) is 4.79 Å². The predicted octanol–water partition coefficient (Wildman–Crippen LogP) is 1.77. The second-order valence-electron chi connectivity index (χ2n) is 3.58. The molecule has 0 heterocycles. The number of rotatable bonds is 4. The van der Waals surface area contributed by atoms with E-state index in [1.165, 1.54) is 0 Å². The Labute approximate surface area is 90.4 Å². The van der Waals surface area contributed by atoms with Gasteiger partial charge in [0.15, 0.2) is 0 Å². The molecule has 3 nitrogen and oxygen atoms in total. The lowest BCUT2D eigenvalue weighted by molar-refractivity contribution is -0.109. The Morgan fingerprint density at radius 2 is 2.00 bits per heavy atom. The highest BCUT2D eigenvalue weighted by atomic mass is 16.5. The Balaban J connectivity index is 3.20. The third-order valence-electron chi connectivity index (χ3n) is 2.57. The summed E-state index contributed by atoms with van der Waals surface area (Å²) in [6.45, 7) is 3.95. The summed E-state index contributed by atoms with van der Waals surface area (Å²) < 4.78 is 5.22. The first-order valence-corrected chi connectivity index (χ1v) is 4.91. The summed E-state index contributed by atoms with van der Waals surface area (Å²) in [5.41, 5.74) is 3.11. The van der Waals surface area contributed by atoms with Crippen molar-refractivity contribution in [3.8, 4) is 5.75 Å². The summed E-state index contributed by atoms with van der Waals surface area (Å²) >= 11 is 0. The van der Waals surface area contributed by atoms with Crippen LogP contribution in [0.2, 0.25) is 0 Å². The molecule has 1 rings (SSSR count). The van der Waals surface area contributed by atoms with Gasteiger partial charge in [0.2, 0.25) is 0 Å². The molecular formula is C12H17NO2. The van der Waals surface area contributed by atoms with Crippen LogP contribution in [0.1, 0.15) is 22.7 Å². The lowest BCUT2D eigenvalue weighted by Crippen LogP contribution is -2.18. The number of carbonyl (C=O) groups excluding carboxylic acids is 1. The summed E-state index contributed by atoms with van der Waals surface area (Å²) in [5.74, 6) is 0.858. The number of likely N-dealkylation sites (N-methyl/N-ethyl adjacent to an activating group) is 1. The van der Waals surface area contributed by atoms with E-state index >= 15 is 0 Å². The van der Waals surface area contributed by atoms with E-state index in [4.69, 9.17) is 4.74 Å². The molecule has 0 fully saturated rings. The van der Waals surface area contributed by atoms with Crippen LogP contribution in [0.25, 0.3) is 0 Å². The number of carbonyl (C=O) groups is 1. The Morgan fingerprint density at radius 3 is 2.47 bits per heavy atom. The maximum Gasteiger partial charge on any atom is 0.141 e. The fourth-order valence-corrected chi connectivity index (χ4v) is 1.66. The molecule has 1 N–H and O–H groups in total. The van der Waals surface area contributed by atoms with Crippen molar-refractivity contribution in [3.05, 3.63) is 28.8 Å². The minimum atomic E-state index is -0.241. The van der Waals surface area contributed by atoms with Crippen molar-refractivity contribution in [2.45, 2.75) is 19.9 Å². The van der Waals surface area contributed by atoms with Gasteiger partial charge >= 0.3 is 0 Å². The van der Waals surface area contributed by atoms with Crippen molar-refractivity contribution in [3.63, 3.8) is 0 Å². The monoisotopic (exact) mass is 207 g/mol. The van der Waals surface area contributed by atoms with Gasteiger partial charge in [0, 0.05) is 0 Å². The molecule has 1 atom stereocenters. The number of nitrogens with one attached hydrogen (secondary N) is 1. The zero-order chi connectivity index (χ0) is 11.4. The summed E-state index contributed by atoms with van der Waals surface area (Å²) in [4.78, 5) is 10.9. The molecule has 3 heteroatoms. The number of ether oxygens (including phenoxy) is 1. The number of methoxy groups -OCH3 is 1. The van der Waals surface area contributed by atoms with Crippen LogP contribution in [0.4, 0.5) is 0 Å². The Kier molecular flexibility index (Phi) is 3.86. The molecule has 0 bridgehead atoms. The van der Waals surface area contributed by atoms with Crippen LogP contribution in [0.15, 0.2) is 12.1 Å². The van der Waals surface area contributed by atoms with Gasteiger partial charge in [0.25, 0.3) is 0 Å². The van der Waals surface area contributed by atoms with Gasteiger partial charge in [-0.05, 0) is 43.7 Å². The highest BCUT2D eigenvalue weighted by molar-refractivity contribution is 5.63. The highest BCUT2D eigenvalue weighted by Gasteiger charge is 2.12. The highest BCUT2D eigenvalue weighted by Crippen LogP contribution is 2.25. The molecule has 0 spiro atoms. The smallest absolute Gasteiger partial charge is 0.141 e. The zero-order valence-electron chi connectivity index (χ0n) is 9.63. The number of aldehydes is 1. The van der Waals surface area contributed by atoms with Gasteiger partial charge in [0.1, 0.15) is 12.0 Å². The minimum absolute atomic E-state index is 0.241. The summed E-state index contributed by atoms with van der Waals surface area (Å²) in [6, 6.07) is 3.71. The van der Waals surface area contributed by atoms with Crippen molar-refractivity contribution in [2.75, 3.05) is 14.2 Å². The van der Waals surface area contributed by atoms with E-state index in [0.29, 0.717) is 0 Å². The van der Waals surface area contributed by atoms with Crippen LogP contribution in [0.5, 0.6) is 5.75 Å². The van der Waals surface area contributed by atoms with E-state index < -0.39 is 0 Å². The Morgan fingerprint density at radius 1 is 1.33 bits per heavy atom. The SMILES string of the molecule is CNC(C=O)c1cc(C)c(OC)cc1C. The second kappa shape index (κ2) is 4.94. The van der Waals surface area contributed by atoms with E-state index in [2.05, 4.69) is 5.32 Å². The maximum absolute atomic E-state index is 10.9.